The van der Waals surface area contributed by atoms with Crippen molar-refractivity contribution >= 4 is 19.8 Å². The number of carbonyl (C=O) groups is 2. The molecule has 0 heterocycles. The molecule has 0 unspecified atom stereocenters. The third-order valence-electron chi connectivity index (χ3n) is 9.28. The van der Waals surface area contributed by atoms with Crippen LogP contribution in [0.2, 0.25) is 0 Å². The summed E-state index contributed by atoms with van der Waals surface area (Å²) in [5.74, 6) is -0.883. The van der Waals surface area contributed by atoms with Crippen LogP contribution in [-0.4, -0.2) is 41.0 Å². The highest BCUT2D eigenvalue weighted by molar-refractivity contribution is 7.46. The number of carbonyl (C=O) groups excluding carboxylic acids is 2. The Kier molecular flexibility index (Phi) is 36.6. The van der Waals surface area contributed by atoms with Crippen molar-refractivity contribution in [2.24, 2.45) is 0 Å². The monoisotopic (exact) mass is 731 g/mol. The first kappa shape index (κ1) is 48.8. The van der Waals surface area contributed by atoms with Crippen LogP contribution in [0, 0.1) is 0 Å². The van der Waals surface area contributed by atoms with Crippen LogP contribution in [-0.2, 0) is 28.2 Å². The first-order valence-corrected chi connectivity index (χ1v) is 22.5. The van der Waals surface area contributed by atoms with E-state index in [0.29, 0.717) is 6.42 Å². The second kappa shape index (κ2) is 37.5. The number of unbranched alkanes of at least 4 members (excludes halogenated alkanes) is 27. The van der Waals surface area contributed by atoms with E-state index in [2.05, 4.69) is 30.5 Å². The van der Waals surface area contributed by atoms with Crippen LogP contribution < -0.4 is 0 Å². The predicted molar refractivity (Wildman–Crippen MR) is 207 cm³/mol. The summed E-state index contributed by atoms with van der Waals surface area (Å²) in [6.07, 6.45) is 40.7. The minimum Gasteiger partial charge on any atom is -0.462 e. The van der Waals surface area contributed by atoms with Crippen molar-refractivity contribution in [3.8, 4) is 0 Å². The lowest BCUT2D eigenvalue weighted by molar-refractivity contribution is -0.161. The number of phosphoric ester groups is 1. The maximum Gasteiger partial charge on any atom is 0.469 e. The molecule has 0 aliphatic carbocycles. The van der Waals surface area contributed by atoms with Crippen molar-refractivity contribution in [3.63, 3.8) is 0 Å². The van der Waals surface area contributed by atoms with Gasteiger partial charge in [0.2, 0.25) is 0 Å². The Morgan fingerprint density at radius 2 is 0.840 bits per heavy atom. The number of rotatable bonds is 39. The van der Waals surface area contributed by atoms with Crippen molar-refractivity contribution in [1.29, 1.82) is 0 Å². The summed E-state index contributed by atoms with van der Waals surface area (Å²) in [5, 5.41) is 0. The minimum atomic E-state index is -4.75. The minimum absolute atomic E-state index is 0.206. The van der Waals surface area contributed by atoms with E-state index < -0.39 is 32.5 Å². The summed E-state index contributed by atoms with van der Waals surface area (Å²) in [5.41, 5.74) is 0. The SMILES string of the molecule is CCCCCCCCC/C=C\CCCCCCCC(=O)O[C@H](COC(=O)CCCCCCCCCCCCCCCCCC)COP(=O)(O)O. The van der Waals surface area contributed by atoms with Gasteiger partial charge in [-0.3, -0.25) is 14.1 Å². The molecule has 9 heteroatoms. The molecule has 0 radical (unpaired) electrons. The first-order chi connectivity index (χ1) is 24.3. The second-order valence-electron chi connectivity index (χ2n) is 14.3. The van der Waals surface area contributed by atoms with E-state index in [1.54, 1.807) is 0 Å². The third-order valence-corrected chi connectivity index (χ3v) is 9.77. The van der Waals surface area contributed by atoms with Crippen LogP contribution in [0.15, 0.2) is 12.2 Å². The molecule has 0 aliphatic heterocycles. The van der Waals surface area contributed by atoms with E-state index in [0.717, 1.165) is 51.4 Å². The van der Waals surface area contributed by atoms with Crippen LogP contribution in [0.5, 0.6) is 0 Å². The largest absolute Gasteiger partial charge is 0.469 e. The highest BCUT2D eigenvalue weighted by Crippen LogP contribution is 2.36. The average Bonchev–Trinajstić information content (AvgIpc) is 3.08. The van der Waals surface area contributed by atoms with Crippen LogP contribution in [0.1, 0.15) is 219 Å². The highest BCUT2D eigenvalue weighted by atomic mass is 31.2. The van der Waals surface area contributed by atoms with Gasteiger partial charge in [0, 0.05) is 12.8 Å². The van der Waals surface area contributed by atoms with Crippen LogP contribution in [0.4, 0.5) is 0 Å². The summed E-state index contributed by atoms with van der Waals surface area (Å²) in [7, 11) is -4.75. The molecule has 50 heavy (non-hydrogen) atoms. The van der Waals surface area contributed by atoms with Crippen LogP contribution in [0.25, 0.3) is 0 Å². The zero-order valence-electron chi connectivity index (χ0n) is 32.6. The zero-order chi connectivity index (χ0) is 36.8. The fraction of sp³-hybridized carbons (Fsp3) is 0.902. The molecule has 0 aliphatic rings. The van der Waals surface area contributed by atoms with Gasteiger partial charge in [0.05, 0.1) is 6.61 Å². The van der Waals surface area contributed by atoms with E-state index in [1.165, 1.54) is 135 Å². The topological polar surface area (TPSA) is 119 Å². The molecular formula is C41H79O8P. The predicted octanol–water partition coefficient (Wildman–Crippen LogP) is 12.6. The first-order valence-electron chi connectivity index (χ1n) is 21.0. The van der Waals surface area contributed by atoms with Crippen molar-refractivity contribution in [3.05, 3.63) is 12.2 Å². The zero-order valence-corrected chi connectivity index (χ0v) is 33.5. The normalized spacial score (nSPS) is 12.5. The number of phosphoric acid groups is 1. The Morgan fingerprint density at radius 3 is 1.22 bits per heavy atom. The Labute approximate surface area is 307 Å². The number of esters is 2. The summed E-state index contributed by atoms with van der Waals surface area (Å²) in [6, 6.07) is 0. The van der Waals surface area contributed by atoms with Crippen molar-refractivity contribution in [1.82, 2.24) is 0 Å². The quantitative estimate of drug-likeness (QED) is 0.0278. The van der Waals surface area contributed by atoms with Crippen molar-refractivity contribution in [2.45, 2.75) is 225 Å². The van der Waals surface area contributed by atoms with E-state index in [-0.39, 0.29) is 19.4 Å². The fourth-order valence-corrected chi connectivity index (χ4v) is 6.49. The summed E-state index contributed by atoms with van der Waals surface area (Å²) < 4.78 is 26.4. The molecule has 0 amide bonds. The van der Waals surface area contributed by atoms with Gasteiger partial charge in [-0.2, -0.15) is 0 Å². The van der Waals surface area contributed by atoms with Crippen molar-refractivity contribution < 1.29 is 37.9 Å². The molecule has 2 N–H and O–H groups in total. The van der Waals surface area contributed by atoms with Gasteiger partial charge in [-0.15, -0.1) is 0 Å². The number of hydrogen-bond donors (Lipinski definition) is 2. The molecule has 0 aromatic heterocycles. The summed E-state index contributed by atoms with van der Waals surface area (Å²) in [4.78, 5) is 42.8. The van der Waals surface area contributed by atoms with Crippen molar-refractivity contribution in [2.75, 3.05) is 13.2 Å². The van der Waals surface area contributed by atoms with Gasteiger partial charge in [-0.05, 0) is 38.5 Å². The second-order valence-corrected chi connectivity index (χ2v) is 15.6. The van der Waals surface area contributed by atoms with Gasteiger partial charge >= 0.3 is 19.8 Å². The third kappa shape index (κ3) is 39.6. The molecule has 0 saturated heterocycles. The Bertz CT molecular complexity index is 827. The standard InChI is InChI=1S/C41H79O8P/c1-3-5-7-9-11-13-15-17-19-21-23-25-27-29-31-33-35-40(42)47-37-39(38-48-50(44,45)46)49-41(43)36-34-32-30-28-26-24-22-20-18-16-14-12-10-8-6-4-2/h20,22,39H,3-19,21,23-38H2,1-2H3,(H2,44,45,46)/b22-20-/t39-/m1/s1. The van der Waals surface area contributed by atoms with Gasteiger partial charge in [0.15, 0.2) is 6.10 Å². The molecule has 0 aromatic rings. The van der Waals surface area contributed by atoms with Gasteiger partial charge in [0.25, 0.3) is 0 Å². The van der Waals surface area contributed by atoms with Gasteiger partial charge < -0.3 is 19.3 Å². The summed E-state index contributed by atoms with van der Waals surface area (Å²) >= 11 is 0. The van der Waals surface area contributed by atoms with Gasteiger partial charge in [-0.25, -0.2) is 4.57 Å². The summed E-state index contributed by atoms with van der Waals surface area (Å²) in [6.45, 7) is 3.70. The van der Waals surface area contributed by atoms with Gasteiger partial charge in [0.1, 0.15) is 6.61 Å². The fourth-order valence-electron chi connectivity index (χ4n) is 6.13. The van der Waals surface area contributed by atoms with E-state index in [4.69, 9.17) is 19.3 Å². The molecule has 0 fully saturated rings. The molecule has 0 spiro atoms. The van der Waals surface area contributed by atoms with Crippen LogP contribution >= 0.6 is 7.82 Å². The molecule has 1 atom stereocenters. The Balaban J connectivity index is 3.90. The number of allylic oxidation sites excluding steroid dienone is 2. The molecule has 0 aromatic carbocycles. The van der Waals surface area contributed by atoms with E-state index in [1.807, 2.05) is 0 Å². The lowest BCUT2D eigenvalue weighted by Crippen LogP contribution is -2.29. The molecule has 0 saturated carbocycles. The number of hydrogen-bond acceptors (Lipinski definition) is 6. The molecule has 296 valence electrons. The number of ether oxygens (including phenoxy) is 2. The van der Waals surface area contributed by atoms with E-state index in [9.17, 15) is 14.2 Å². The lowest BCUT2D eigenvalue weighted by Gasteiger charge is -2.18. The lowest BCUT2D eigenvalue weighted by atomic mass is 10.0. The molecular weight excluding hydrogens is 651 g/mol. The maximum absolute atomic E-state index is 12.4. The average molecular weight is 731 g/mol. The maximum atomic E-state index is 12.4. The molecule has 0 rings (SSSR count). The van der Waals surface area contributed by atoms with Crippen LogP contribution in [0.3, 0.4) is 0 Å². The van der Waals surface area contributed by atoms with Gasteiger partial charge in [-0.1, -0.05) is 180 Å². The Morgan fingerprint density at radius 1 is 0.500 bits per heavy atom. The smallest absolute Gasteiger partial charge is 0.462 e. The highest BCUT2D eigenvalue weighted by Gasteiger charge is 2.22. The van der Waals surface area contributed by atoms with E-state index >= 15 is 0 Å². The molecule has 8 nitrogen and oxygen atoms in total. The molecule has 0 bridgehead atoms. The Hall–Kier alpha value is -1.21.